The van der Waals surface area contributed by atoms with Gasteiger partial charge in [-0.3, -0.25) is 4.79 Å². The van der Waals surface area contributed by atoms with Crippen LogP contribution in [-0.2, 0) is 11.2 Å². The van der Waals surface area contributed by atoms with Crippen LogP contribution in [0.5, 0.6) is 0 Å². The molecule has 5 heteroatoms. The van der Waals surface area contributed by atoms with Crippen molar-refractivity contribution in [1.82, 2.24) is 4.90 Å². The van der Waals surface area contributed by atoms with Crippen molar-refractivity contribution in [1.29, 1.82) is 0 Å². The zero-order valence-corrected chi connectivity index (χ0v) is 10.8. The molecular formula is C14H16N2O3. The van der Waals surface area contributed by atoms with Crippen molar-refractivity contribution in [2.75, 3.05) is 24.5 Å². The summed E-state index contributed by atoms with van der Waals surface area (Å²) in [4.78, 5) is 26.1. The van der Waals surface area contributed by atoms with E-state index < -0.39 is 6.09 Å². The van der Waals surface area contributed by atoms with E-state index in [-0.39, 0.29) is 11.8 Å². The van der Waals surface area contributed by atoms with Gasteiger partial charge in [-0.05, 0) is 23.6 Å². The second kappa shape index (κ2) is 4.26. The van der Waals surface area contributed by atoms with Crippen LogP contribution in [0, 0.1) is 0 Å². The Labute approximate surface area is 111 Å². The summed E-state index contributed by atoms with van der Waals surface area (Å²) in [7, 11) is 0. The molecule has 0 unspecified atom stereocenters. The number of anilines is 1. The third-order valence-electron chi connectivity index (χ3n) is 4.02. The maximum atomic E-state index is 11.7. The highest BCUT2D eigenvalue weighted by Gasteiger charge is 2.36. The Morgan fingerprint density at radius 2 is 2.11 bits per heavy atom. The van der Waals surface area contributed by atoms with Crippen molar-refractivity contribution in [2.45, 2.75) is 19.3 Å². The molecule has 2 aliphatic rings. The molecule has 1 N–H and O–H groups in total. The minimum Gasteiger partial charge on any atom is -0.465 e. The minimum atomic E-state index is -0.879. The van der Waals surface area contributed by atoms with Crippen LogP contribution in [0.25, 0.3) is 0 Å². The van der Waals surface area contributed by atoms with Gasteiger partial charge in [0.25, 0.3) is 0 Å². The van der Waals surface area contributed by atoms with Gasteiger partial charge in [0.2, 0.25) is 5.91 Å². The van der Waals surface area contributed by atoms with E-state index in [0.29, 0.717) is 19.6 Å². The smallest absolute Gasteiger partial charge is 0.407 e. The minimum absolute atomic E-state index is 0.0170. The Balaban J connectivity index is 2.04. The molecule has 1 aromatic rings. The van der Waals surface area contributed by atoms with E-state index >= 15 is 0 Å². The maximum absolute atomic E-state index is 11.7. The largest absolute Gasteiger partial charge is 0.465 e. The fraction of sp³-hybridized carbons (Fsp3) is 0.429. The Bertz CT molecular complexity index is 556. The molecule has 0 spiro atoms. The molecule has 2 aliphatic heterocycles. The van der Waals surface area contributed by atoms with E-state index in [2.05, 4.69) is 0 Å². The van der Waals surface area contributed by atoms with Crippen LogP contribution in [0.4, 0.5) is 10.5 Å². The van der Waals surface area contributed by atoms with Gasteiger partial charge in [-0.2, -0.15) is 0 Å². The lowest BCUT2D eigenvalue weighted by Crippen LogP contribution is -2.36. The second-order valence-corrected chi connectivity index (χ2v) is 5.16. The highest BCUT2D eigenvalue weighted by atomic mass is 16.4. The average Bonchev–Trinajstić information content (AvgIpc) is 2.62. The summed E-state index contributed by atoms with van der Waals surface area (Å²) in [5.41, 5.74) is 3.30. The van der Waals surface area contributed by atoms with E-state index in [4.69, 9.17) is 0 Å². The molecule has 0 bridgehead atoms. The SMILES string of the molecule is CC(=O)N1C[C@@H]2CN(C(=O)O)CCc3cccc1c32. The maximum Gasteiger partial charge on any atom is 0.407 e. The number of rotatable bonds is 0. The first-order valence-electron chi connectivity index (χ1n) is 6.45. The lowest BCUT2D eigenvalue weighted by Gasteiger charge is -2.21. The zero-order chi connectivity index (χ0) is 13.6. The number of carbonyl (C=O) groups excluding carboxylic acids is 1. The van der Waals surface area contributed by atoms with Crippen LogP contribution in [0.15, 0.2) is 18.2 Å². The van der Waals surface area contributed by atoms with Crippen molar-refractivity contribution < 1.29 is 14.7 Å². The van der Waals surface area contributed by atoms with Crippen molar-refractivity contribution in [3.8, 4) is 0 Å². The van der Waals surface area contributed by atoms with Gasteiger partial charge in [-0.25, -0.2) is 4.79 Å². The first kappa shape index (κ1) is 12.0. The zero-order valence-electron chi connectivity index (χ0n) is 10.8. The monoisotopic (exact) mass is 260 g/mol. The number of amides is 2. The highest BCUT2D eigenvalue weighted by molar-refractivity contribution is 5.94. The van der Waals surface area contributed by atoms with Gasteiger partial charge < -0.3 is 14.9 Å². The van der Waals surface area contributed by atoms with E-state index in [0.717, 1.165) is 12.1 Å². The molecule has 0 saturated carbocycles. The van der Waals surface area contributed by atoms with Crippen molar-refractivity contribution in [2.24, 2.45) is 0 Å². The molecule has 1 aromatic carbocycles. The van der Waals surface area contributed by atoms with E-state index in [1.165, 1.54) is 16.0 Å². The molecule has 0 saturated heterocycles. The van der Waals surface area contributed by atoms with Crippen molar-refractivity contribution in [3.05, 3.63) is 29.3 Å². The predicted octanol–water partition coefficient (Wildman–Crippen LogP) is 1.67. The molecule has 0 aliphatic carbocycles. The van der Waals surface area contributed by atoms with E-state index in [1.807, 2.05) is 18.2 Å². The number of benzene rings is 1. The third-order valence-corrected chi connectivity index (χ3v) is 4.02. The summed E-state index contributed by atoms with van der Waals surface area (Å²) in [6, 6.07) is 5.94. The average molecular weight is 260 g/mol. The summed E-state index contributed by atoms with van der Waals surface area (Å²) < 4.78 is 0. The summed E-state index contributed by atoms with van der Waals surface area (Å²) in [6.07, 6.45) is -0.159. The predicted molar refractivity (Wildman–Crippen MR) is 70.5 cm³/mol. The molecule has 0 fully saturated rings. The van der Waals surface area contributed by atoms with Crippen LogP contribution in [0.2, 0.25) is 0 Å². The summed E-state index contributed by atoms with van der Waals surface area (Å²) in [6.45, 7) is 3.15. The van der Waals surface area contributed by atoms with Crippen LogP contribution in [0.3, 0.4) is 0 Å². The topological polar surface area (TPSA) is 60.9 Å². The molecule has 2 amide bonds. The fourth-order valence-electron chi connectivity index (χ4n) is 3.17. The Morgan fingerprint density at radius 3 is 2.79 bits per heavy atom. The van der Waals surface area contributed by atoms with Crippen LogP contribution in [-0.4, -0.2) is 41.6 Å². The lowest BCUT2D eigenvalue weighted by molar-refractivity contribution is -0.116. The Morgan fingerprint density at radius 1 is 1.32 bits per heavy atom. The highest BCUT2D eigenvalue weighted by Crippen LogP contribution is 2.40. The third kappa shape index (κ3) is 1.85. The number of nitrogens with zero attached hydrogens (tertiary/aromatic N) is 2. The summed E-state index contributed by atoms with van der Waals surface area (Å²) >= 11 is 0. The molecule has 0 radical (unpaired) electrons. The molecule has 19 heavy (non-hydrogen) atoms. The fourth-order valence-corrected chi connectivity index (χ4v) is 3.17. The van der Waals surface area contributed by atoms with Crippen molar-refractivity contribution >= 4 is 17.7 Å². The quantitative estimate of drug-likeness (QED) is 0.772. The van der Waals surface area contributed by atoms with E-state index in [9.17, 15) is 14.7 Å². The number of hydrogen-bond donors (Lipinski definition) is 1. The normalized spacial score (nSPS) is 21.0. The van der Waals surface area contributed by atoms with Gasteiger partial charge in [-0.1, -0.05) is 12.1 Å². The van der Waals surface area contributed by atoms with Crippen LogP contribution < -0.4 is 4.90 Å². The molecular weight excluding hydrogens is 244 g/mol. The standard InChI is InChI=1S/C14H16N2O3/c1-9(17)16-8-11-7-15(14(18)19)6-5-10-3-2-4-12(16)13(10)11/h2-4,11H,5-8H2,1H3,(H,18,19)/t11-/m0/s1. The van der Waals surface area contributed by atoms with Crippen LogP contribution in [0.1, 0.15) is 24.0 Å². The lowest BCUT2D eigenvalue weighted by atomic mass is 9.96. The molecule has 0 aromatic heterocycles. The van der Waals surface area contributed by atoms with Crippen molar-refractivity contribution in [3.63, 3.8) is 0 Å². The summed E-state index contributed by atoms with van der Waals surface area (Å²) in [5, 5.41) is 9.19. The number of hydrogen-bond acceptors (Lipinski definition) is 2. The van der Waals surface area contributed by atoms with E-state index in [1.54, 1.807) is 11.8 Å². The number of carboxylic acid groups (broad SMARTS) is 1. The molecule has 5 nitrogen and oxygen atoms in total. The summed E-state index contributed by atoms with van der Waals surface area (Å²) in [5.74, 6) is 0.122. The molecule has 100 valence electrons. The van der Waals surface area contributed by atoms with Gasteiger partial charge in [0.05, 0.1) is 0 Å². The number of carbonyl (C=O) groups is 2. The first-order chi connectivity index (χ1) is 9.08. The van der Waals surface area contributed by atoms with Gasteiger partial charge in [0.1, 0.15) is 0 Å². The first-order valence-corrected chi connectivity index (χ1v) is 6.45. The Kier molecular flexibility index (Phi) is 2.69. The van der Waals surface area contributed by atoms with Crippen LogP contribution >= 0.6 is 0 Å². The van der Waals surface area contributed by atoms with Gasteiger partial charge >= 0.3 is 6.09 Å². The molecule has 3 rings (SSSR count). The van der Waals surface area contributed by atoms with Gasteiger partial charge in [0.15, 0.2) is 0 Å². The molecule has 2 heterocycles. The van der Waals surface area contributed by atoms with Gasteiger partial charge in [0, 0.05) is 38.2 Å². The molecule has 1 atom stereocenters. The van der Waals surface area contributed by atoms with Gasteiger partial charge in [-0.15, -0.1) is 0 Å². The Hall–Kier alpha value is -2.04. The second-order valence-electron chi connectivity index (χ2n) is 5.16.